The lowest BCUT2D eigenvalue weighted by molar-refractivity contribution is -0.126. The standard InChI is InChI=1S/C16H26N4O2/c1-5-17-12(2)11-18-14(21)16(3,4)20-15(22)19-13-9-7-6-8-10-13/h6-10,12,17H,5,11H2,1-4H3,(H,18,21)(H2,19,20,22)/t12-/m1/s1. The Hall–Kier alpha value is -2.08. The average molecular weight is 306 g/mol. The van der Waals surface area contributed by atoms with Crippen LogP contribution in [0.4, 0.5) is 10.5 Å². The highest BCUT2D eigenvalue weighted by molar-refractivity contribution is 5.95. The Bertz CT molecular complexity index is 488. The van der Waals surface area contributed by atoms with E-state index in [-0.39, 0.29) is 11.9 Å². The summed E-state index contributed by atoms with van der Waals surface area (Å²) in [6, 6.07) is 8.86. The second-order valence-electron chi connectivity index (χ2n) is 5.74. The number of nitrogens with one attached hydrogen (secondary N) is 4. The normalized spacial score (nSPS) is 12.4. The van der Waals surface area contributed by atoms with Crippen LogP contribution in [0.2, 0.25) is 0 Å². The number of rotatable bonds is 7. The van der Waals surface area contributed by atoms with Gasteiger partial charge in [-0.3, -0.25) is 4.79 Å². The number of urea groups is 1. The number of benzene rings is 1. The van der Waals surface area contributed by atoms with E-state index >= 15 is 0 Å². The number of anilines is 1. The van der Waals surface area contributed by atoms with Crippen LogP contribution in [0.25, 0.3) is 0 Å². The molecule has 0 radical (unpaired) electrons. The Morgan fingerprint density at radius 3 is 2.41 bits per heavy atom. The van der Waals surface area contributed by atoms with Crippen LogP contribution in [0.1, 0.15) is 27.7 Å². The topological polar surface area (TPSA) is 82.3 Å². The van der Waals surface area contributed by atoms with Gasteiger partial charge < -0.3 is 21.3 Å². The molecule has 1 atom stereocenters. The van der Waals surface area contributed by atoms with E-state index in [0.29, 0.717) is 12.2 Å². The van der Waals surface area contributed by atoms with E-state index in [0.717, 1.165) is 6.54 Å². The number of hydrogen-bond donors (Lipinski definition) is 4. The fourth-order valence-electron chi connectivity index (χ4n) is 1.91. The van der Waals surface area contributed by atoms with E-state index in [1.54, 1.807) is 26.0 Å². The minimum Gasteiger partial charge on any atom is -0.353 e. The molecule has 0 aromatic heterocycles. The Labute approximate surface area is 132 Å². The van der Waals surface area contributed by atoms with E-state index < -0.39 is 11.6 Å². The molecule has 0 bridgehead atoms. The summed E-state index contributed by atoms with van der Waals surface area (Å²) < 4.78 is 0. The minimum absolute atomic E-state index is 0.183. The maximum absolute atomic E-state index is 12.2. The number of para-hydroxylation sites is 1. The minimum atomic E-state index is -0.995. The van der Waals surface area contributed by atoms with Gasteiger partial charge in [-0.2, -0.15) is 0 Å². The van der Waals surface area contributed by atoms with E-state index in [2.05, 4.69) is 21.3 Å². The van der Waals surface area contributed by atoms with Crippen LogP contribution in [0.15, 0.2) is 30.3 Å². The molecule has 4 N–H and O–H groups in total. The quantitative estimate of drug-likeness (QED) is 0.619. The molecule has 3 amide bonds. The van der Waals surface area contributed by atoms with Crippen molar-refractivity contribution in [2.24, 2.45) is 0 Å². The predicted molar refractivity (Wildman–Crippen MR) is 88.8 cm³/mol. The second kappa shape index (κ2) is 8.38. The molecule has 0 heterocycles. The second-order valence-corrected chi connectivity index (χ2v) is 5.74. The van der Waals surface area contributed by atoms with Gasteiger partial charge in [0, 0.05) is 18.3 Å². The highest BCUT2D eigenvalue weighted by Crippen LogP contribution is 2.07. The van der Waals surface area contributed by atoms with Crippen LogP contribution in [-0.4, -0.2) is 36.6 Å². The predicted octanol–water partition coefficient (Wildman–Crippen LogP) is 1.70. The maximum Gasteiger partial charge on any atom is 0.320 e. The maximum atomic E-state index is 12.2. The third-order valence-corrected chi connectivity index (χ3v) is 3.15. The Morgan fingerprint density at radius 1 is 1.18 bits per heavy atom. The lowest BCUT2D eigenvalue weighted by atomic mass is 10.0. The monoisotopic (exact) mass is 306 g/mol. The van der Waals surface area contributed by atoms with Crippen molar-refractivity contribution < 1.29 is 9.59 Å². The largest absolute Gasteiger partial charge is 0.353 e. The Morgan fingerprint density at radius 2 is 1.82 bits per heavy atom. The van der Waals surface area contributed by atoms with Gasteiger partial charge in [-0.05, 0) is 39.4 Å². The van der Waals surface area contributed by atoms with Gasteiger partial charge in [0.05, 0.1) is 0 Å². The average Bonchev–Trinajstić information content (AvgIpc) is 2.45. The number of carbonyl (C=O) groups excluding carboxylic acids is 2. The van der Waals surface area contributed by atoms with E-state index in [9.17, 15) is 9.59 Å². The molecule has 0 saturated heterocycles. The van der Waals surface area contributed by atoms with Crippen LogP contribution in [0.5, 0.6) is 0 Å². The number of carbonyl (C=O) groups is 2. The molecule has 0 saturated carbocycles. The molecule has 0 aliphatic heterocycles. The molecule has 0 aliphatic rings. The van der Waals surface area contributed by atoms with Crippen molar-refractivity contribution in [2.75, 3.05) is 18.4 Å². The first-order chi connectivity index (χ1) is 10.3. The highest BCUT2D eigenvalue weighted by Gasteiger charge is 2.29. The fraction of sp³-hybridized carbons (Fsp3) is 0.500. The zero-order valence-corrected chi connectivity index (χ0v) is 13.7. The van der Waals surface area contributed by atoms with Crippen LogP contribution in [0.3, 0.4) is 0 Å². The Kier molecular flexibility index (Phi) is 6.85. The van der Waals surface area contributed by atoms with Gasteiger partial charge >= 0.3 is 6.03 Å². The fourth-order valence-corrected chi connectivity index (χ4v) is 1.91. The van der Waals surface area contributed by atoms with Crippen LogP contribution >= 0.6 is 0 Å². The van der Waals surface area contributed by atoms with Gasteiger partial charge in [0.1, 0.15) is 5.54 Å². The highest BCUT2D eigenvalue weighted by atomic mass is 16.2. The summed E-state index contributed by atoms with van der Waals surface area (Å²) >= 11 is 0. The van der Waals surface area contributed by atoms with Crippen LogP contribution < -0.4 is 21.3 Å². The van der Waals surface area contributed by atoms with E-state index in [1.165, 1.54) is 0 Å². The van der Waals surface area contributed by atoms with Crippen molar-refractivity contribution in [3.63, 3.8) is 0 Å². The molecule has 1 rings (SSSR count). The van der Waals surface area contributed by atoms with E-state index in [4.69, 9.17) is 0 Å². The molecule has 6 nitrogen and oxygen atoms in total. The summed E-state index contributed by atoms with van der Waals surface area (Å²) in [7, 11) is 0. The first-order valence-corrected chi connectivity index (χ1v) is 7.51. The number of hydrogen-bond acceptors (Lipinski definition) is 3. The van der Waals surface area contributed by atoms with Crippen molar-refractivity contribution in [3.05, 3.63) is 30.3 Å². The third-order valence-electron chi connectivity index (χ3n) is 3.15. The lowest BCUT2D eigenvalue weighted by Crippen LogP contribution is -2.57. The first-order valence-electron chi connectivity index (χ1n) is 7.51. The van der Waals surface area contributed by atoms with E-state index in [1.807, 2.05) is 32.0 Å². The molecule has 122 valence electrons. The summed E-state index contributed by atoms with van der Waals surface area (Å²) in [5.41, 5.74) is -0.317. The van der Waals surface area contributed by atoms with Crippen molar-refractivity contribution >= 4 is 17.6 Å². The summed E-state index contributed by atoms with van der Waals surface area (Å²) in [6.45, 7) is 8.70. The van der Waals surface area contributed by atoms with Gasteiger partial charge in [0.25, 0.3) is 0 Å². The van der Waals surface area contributed by atoms with Gasteiger partial charge in [-0.25, -0.2) is 4.79 Å². The summed E-state index contributed by atoms with van der Waals surface area (Å²) in [5, 5.41) is 11.4. The summed E-state index contributed by atoms with van der Waals surface area (Å²) in [4.78, 5) is 24.1. The molecule has 1 aromatic rings. The molecule has 6 heteroatoms. The number of likely N-dealkylation sites (N-methyl/N-ethyl adjacent to an activating group) is 1. The lowest BCUT2D eigenvalue weighted by Gasteiger charge is -2.26. The van der Waals surface area contributed by atoms with Crippen molar-refractivity contribution in [3.8, 4) is 0 Å². The number of amides is 3. The molecule has 0 fully saturated rings. The Balaban J connectivity index is 2.47. The third kappa shape index (κ3) is 6.13. The molecule has 0 spiro atoms. The zero-order valence-electron chi connectivity index (χ0n) is 13.7. The summed E-state index contributed by atoms with van der Waals surface area (Å²) in [5.74, 6) is -0.222. The zero-order chi connectivity index (χ0) is 16.6. The van der Waals surface area contributed by atoms with Gasteiger partial charge in [0.2, 0.25) is 5.91 Å². The van der Waals surface area contributed by atoms with Gasteiger partial charge in [-0.1, -0.05) is 25.1 Å². The van der Waals surface area contributed by atoms with Crippen molar-refractivity contribution in [1.29, 1.82) is 0 Å². The van der Waals surface area contributed by atoms with Crippen LogP contribution in [0, 0.1) is 0 Å². The molecular formula is C16H26N4O2. The first kappa shape index (κ1) is 18.0. The molecule has 0 aliphatic carbocycles. The van der Waals surface area contributed by atoms with Crippen molar-refractivity contribution in [1.82, 2.24) is 16.0 Å². The van der Waals surface area contributed by atoms with Crippen LogP contribution in [-0.2, 0) is 4.79 Å². The molecule has 22 heavy (non-hydrogen) atoms. The SMILES string of the molecule is CCN[C@H](C)CNC(=O)C(C)(C)NC(=O)Nc1ccccc1. The smallest absolute Gasteiger partial charge is 0.320 e. The van der Waals surface area contributed by atoms with Gasteiger partial charge in [0.15, 0.2) is 0 Å². The molecule has 0 unspecified atom stereocenters. The summed E-state index contributed by atoms with van der Waals surface area (Å²) in [6.07, 6.45) is 0. The van der Waals surface area contributed by atoms with Crippen molar-refractivity contribution in [2.45, 2.75) is 39.3 Å². The van der Waals surface area contributed by atoms with Gasteiger partial charge in [-0.15, -0.1) is 0 Å². The molecule has 1 aromatic carbocycles. The molecular weight excluding hydrogens is 280 g/mol.